The van der Waals surface area contributed by atoms with Gasteiger partial charge in [0.05, 0.1) is 0 Å². The minimum absolute atomic E-state index is 0.152. The third kappa shape index (κ3) is 2.79. The van der Waals surface area contributed by atoms with Gasteiger partial charge in [-0.15, -0.1) is 0 Å². The number of allylic oxidation sites excluding steroid dienone is 7. The van der Waals surface area contributed by atoms with Crippen LogP contribution in [0.3, 0.4) is 0 Å². The lowest BCUT2D eigenvalue weighted by molar-refractivity contribution is -0.119. The summed E-state index contributed by atoms with van der Waals surface area (Å²) >= 11 is 0. The van der Waals surface area contributed by atoms with E-state index in [0.717, 1.165) is 24.0 Å². The predicted molar refractivity (Wildman–Crippen MR) is 64.6 cm³/mol. The number of carbonyl (C=O) groups excluding carboxylic acids is 1. The Morgan fingerprint density at radius 1 is 1.40 bits per heavy atom. The van der Waals surface area contributed by atoms with Gasteiger partial charge < -0.3 is 0 Å². The monoisotopic (exact) mass is 202 g/mol. The summed E-state index contributed by atoms with van der Waals surface area (Å²) in [7, 11) is 0. The first-order valence-corrected chi connectivity index (χ1v) is 5.39. The molecule has 1 unspecified atom stereocenters. The first-order chi connectivity index (χ1) is 7.20. The quantitative estimate of drug-likeness (QED) is 0.625. The maximum absolute atomic E-state index is 11.9. The normalized spacial score (nSPS) is 27.9. The van der Waals surface area contributed by atoms with Crippen LogP contribution in [0.1, 0.15) is 26.7 Å². The van der Waals surface area contributed by atoms with E-state index in [2.05, 4.69) is 6.58 Å². The van der Waals surface area contributed by atoms with E-state index in [9.17, 15) is 4.79 Å². The third-order valence-corrected chi connectivity index (χ3v) is 2.68. The predicted octanol–water partition coefficient (Wildman–Crippen LogP) is 3.60. The SMILES string of the molecule is C=C/C=C1/C(=O)C(C)CC/C1=C/C=C\C. The Kier molecular flexibility index (Phi) is 4.29. The molecule has 1 aliphatic carbocycles. The Hall–Kier alpha value is -1.37. The second-order valence-corrected chi connectivity index (χ2v) is 3.84. The van der Waals surface area contributed by atoms with Gasteiger partial charge in [0.25, 0.3) is 0 Å². The summed E-state index contributed by atoms with van der Waals surface area (Å²) in [5.74, 6) is 0.399. The molecule has 1 rings (SSSR count). The molecular formula is C14H18O. The van der Waals surface area contributed by atoms with Crippen LogP contribution in [-0.4, -0.2) is 5.78 Å². The van der Waals surface area contributed by atoms with Crippen molar-refractivity contribution in [1.82, 2.24) is 0 Å². The van der Waals surface area contributed by atoms with Gasteiger partial charge in [0.2, 0.25) is 0 Å². The molecule has 0 spiro atoms. The summed E-state index contributed by atoms with van der Waals surface area (Å²) in [4.78, 5) is 11.9. The fourth-order valence-electron chi connectivity index (χ4n) is 1.75. The van der Waals surface area contributed by atoms with Gasteiger partial charge in [-0.05, 0) is 25.3 Å². The summed E-state index contributed by atoms with van der Waals surface area (Å²) < 4.78 is 0. The van der Waals surface area contributed by atoms with Gasteiger partial charge in [-0.1, -0.05) is 43.9 Å². The summed E-state index contributed by atoms with van der Waals surface area (Å²) in [6.07, 6.45) is 11.4. The Morgan fingerprint density at radius 2 is 2.13 bits per heavy atom. The average molecular weight is 202 g/mol. The Bertz CT molecular complexity index is 342. The molecule has 80 valence electrons. The first-order valence-electron chi connectivity index (χ1n) is 5.39. The highest BCUT2D eigenvalue weighted by atomic mass is 16.1. The van der Waals surface area contributed by atoms with Crippen LogP contribution in [0, 0.1) is 5.92 Å². The molecule has 0 aromatic carbocycles. The van der Waals surface area contributed by atoms with Crippen molar-refractivity contribution in [1.29, 1.82) is 0 Å². The van der Waals surface area contributed by atoms with E-state index in [1.807, 2.05) is 38.2 Å². The maximum Gasteiger partial charge on any atom is 0.165 e. The standard InChI is InChI=1S/C14H18O/c1-4-6-8-12-10-9-11(3)14(15)13(12)7-5-2/h4-8,11H,2,9-10H2,1,3H3/b6-4-,12-8-,13-7+. The lowest BCUT2D eigenvalue weighted by Crippen LogP contribution is -2.20. The van der Waals surface area contributed by atoms with E-state index >= 15 is 0 Å². The van der Waals surface area contributed by atoms with Gasteiger partial charge in [-0.3, -0.25) is 4.79 Å². The Balaban J connectivity index is 3.03. The van der Waals surface area contributed by atoms with Crippen LogP contribution < -0.4 is 0 Å². The lowest BCUT2D eigenvalue weighted by Gasteiger charge is -2.21. The maximum atomic E-state index is 11.9. The second kappa shape index (κ2) is 5.50. The minimum Gasteiger partial charge on any atom is -0.294 e. The molecule has 1 nitrogen and oxygen atoms in total. The number of Topliss-reactive ketones (excluding diaryl/α,β-unsaturated/α-hetero) is 1. The number of rotatable bonds is 2. The zero-order valence-electron chi connectivity index (χ0n) is 9.49. The summed E-state index contributed by atoms with van der Waals surface area (Å²) in [6.45, 7) is 7.62. The van der Waals surface area contributed by atoms with Crippen LogP contribution >= 0.6 is 0 Å². The van der Waals surface area contributed by atoms with Crippen LogP contribution in [0.2, 0.25) is 0 Å². The zero-order valence-corrected chi connectivity index (χ0v) is 9.49. The molecule has 1 aliphatic rings. The Labute approximate surface area is 91.9 Å². The van der Waals surface area contributed by atoms with Crippen LogP contribution in [0.4, 0.5) is 0 Å². The molecule has 0 aromatic rings. The van der Waals surface area contributed by atoms with Crippen LogP contribution in [0.5, 0.6) is 0 Å². The Morgan fingerprint density at radius 3 is 2.73 bits per heavy atom. The van der Waals surface area contributed by atoms with Crippen molar-refractivity contribution in [2.24, 2.45) is 5.92 Å². The van der Waals surface area contributed by atoms with Crippen LogP contribution in [0.15, 0.2) is 48.1 Å². The molecule has 0 aliphatic heterocycles. The molecule has 0 bridgehead atoms. The van der Waals surface area contributed by atoms with Crippen molar-refractivity contribution in [3.8, 4) is 0 Å². The molecule has 1 atom stereocenters. The van der Waals surface area contributed by atoms with E-state index < -0.39 is 0 Å². The largest absolute Gasteiger partial charge is 0.294 e. The fourth-order valence-corrected chi connectivity index (χ4v) is 1.75. The van der Waals surface area contributed by atoms with Crippen molar-refractivity contribution in [2.75, 3.05) is 0 Å². The van der Waals surface area contributed by atoms with Gasteiger partial charge in [0, 0.05) is 11.5 Å². The van der Waals surface area contributed by atoms with E-state index in [1.54, 1.807) is 6.08 Å². The summed E-state index contributed by atoms with van der Waals surface area (Å²) in [5, 5.41) is 0. The van der Waals surface area contributed by atoms with Gasteiger partial charge >= 0.3 is 0 Å². The van der Waals surface area contributed by atoms with E-state index in [0.29, 0.717) is 0 Å². The van der Waals surface area contributed by atoms with Crippen LogP contribution in [-0.2, 0) is 4.79 Å². The molecule has 1 saturated carbocycles. The first kappa shape index (κ1) is 11.7. The molecule has 0 radical (unpaired) electrons. The molecule has 1 heteroatoms. The molecule has 0 amide bonds. The van der Waals surface area contributed by atoms with Gasteiger partial charge in [-0.25, -0.2) is 0 Å². The molecular weight excluding hydrogens is 184 g/mol. The van der Waals surface area contributed by atoms with Crippen molar-refractivity contribution in [2.45, 2.75) is 26.7 Å². The van der Waals surface area contributed by atoms with E-state index in [-0.39, 0.29) is 11.7 Å². The number of carbonyl (C=O) groups is 1. The smallest absolute Gasteiger partial charge is 0.165 e. The zero-order chi connectivity index (χ0) is 11.3. The highest BCUT2D eigenvalue weighted by Gasteiger charge is 2.25. The summed E-state index contributed by atoms with van der Waals surface area (Å²) in [6, 6.07) is 0. The molecule has 0 N–H and O–H groups in total. The van der Waals surface area contributed by atoms with E-state index in [4.69, 9.17) is 0 Å². The average Bonchev–Trinajstić information content (AvgIpc) is 2.24. The molecule has 1 fully saturated rings. The van der Waals surface area contributed by atoms with Crippen molar-refractivity contribution < 1.29 is 4.79 Å². The molecule has 0 heterocycles. The van der Waals surface area contributed by atoms with E-state index in [1.165, 1.54) is 0 Å². The fraction of sp³-hybridized carbons (Fsp3) is 0.357. The second-order valence-electron chi connectivity index (χ2n) is 3.84. The molecule has 0 saturated heterocycles. The van der Waals surface area contributed by atoms with Crippen molar-refractivity contribution in [3.63, 3.8) is 0 Å². The molecule has 15 heavy (non-hydrogen) atoms. The van der Waals surface area contributed by atoms with Crippen molar-refractivity contribution in [3.05, 3.63) is 48.1 Å². The summed E-state index contributed by atoms with van der Waals surface area (Å²) in [5.41, 5.74) is 1.97. The highest BCUT2D eigenvalue weighted by molar-refractivity contribution is 6.02. The minimum atomic E-state index is 0.152. The van der Waals surface area contributed by atoms with Gasteiger partial charge in [0.15, 0.2) is 5.78 Å². The van der Waals surface area contributed by atoms with Crippen LogP contribution in [0.25, 0.3) is 0 Å². The van der Waals surface area contributed by atoms with Crippen molar-refractivity contribution >= 4 is 5.78 Å². The van der Waals surface area contributed by atoms with Gasteiger partial charge in [-0.2, -0.15) is 0 Å². The topological polar surface area (TPSA) is 17.1 Å². The highest BCUT2D eigenvalue weighted by Crippen LogP contribution is 2.29. The lowest BCUT2D eigenvalue weighted by atomic mass is 9.81. The molecule has 0 aromatic heterocycles. The van der Waals surface area contributed by atoms with Gasteiger partial charge in [0.1, 0.15) is 0 Å². The third-order valence-electron chi connectivity index (χ3n) is 2.68. The number of hydrogen-bond acceptors (Lipinski definition) is 1. The number of hydrogen-bond donors (Lipinski definition) is 0. The number of ketones is 1.